The number of aromatic nitrogens is 2. The van der Waals surface area contributed by atoms with E-state index in [9.17, 15) is 0 Å². The second-order valence-electron chi connectivity index (χ2n) is 5.06. The first-order valence-corrected chi connectivity index (χ1v) is 8.39. The Morgan fingerprint density at radius 2 is 2.24 bits per heavy atom. The monoisotopic (exact) mass is 365 g/mol. The van der Waals surface area contributed by atoms with Crippen LogP contribution in [0.4, 0.5) is 0 Å². The van der Waals surface area contributed by atoms with E-state index in [0.29, 0.717) is 18.3 Å². The van der Waals surface area contributed by atoms with Gasteiger partial charge in [0.2, 0.25) is 5.88 Å². The number of fused-ring (bicyclic) bond motifs is 1. The largest absolute Gasteiger partial charge is 0.437 e. The molecule has 0 radical (unpaired) electrons. The molecule has 0 unspecified atom stereocenters. The van der Waals surface area contributed by atoms with Crippen molar-refractivity contribution in [3.05, 3.63) is 45.5 Å². The predicted molar refractivity (Wildman–Crippen MR) is 89.3 cm³/mol. The van der Waals surface area contributed by atoms with Crippen molar-refractivity contribution in [1.29, 1.82) is 0 Å². The molecule has 6 heteroatoms. The molecule has 0 aliphatic carbocycles. The van der Waals surface area contributed by atoms with Gasteiger partial charge in [0.15, 0.2) is 4.96 Å². The zero-order chi connectivity index (χ0) is 15.0. The number of hydrogen-bond donors (Lipinski definition) is 1. The van der Waals surface area contributed by atoms with Gasteiger partial charge in [-0.05, 0) is 29.7 Å². The molecule has 3 aromatic rings. The molecule has 0 fully saturated rings. The minimum atomic E-state index is 0.363. The summed E-state index contributed by atoms with van der Waals surface area (Å²) >= 11 is 5.08. The molecule has 0 saturated heterocycles. The number of imidazole rings is 1. The molecule has 4 nitrogen and oxygen atoms in total. The normalized spacial score (nSPS) is 11.5. The summed E-state index contributed by atoms with van der Waals surface area (Å²) in [6.45, 7) is 4.68. The second-order valence-corrected chi connectivity index (χ2v) is 6.85. The zero-order valence-corrected chi connectivity index (χ0v) is 14.2. The van der Waals surface area contributed by atoms with E-state index in [1.165, 1.54) is 0 Å². The quantitative estimate of drug-likeness (QED) is 0.738. The van der Waals surface area contributed by atoms with Crippen LogP contribution >= 0.6 is 27.3 Å². The number of nitrogens with zero attached hydrogens (tertiary/aromatic N) is 2. The Labute approximate surface area is 135 Å². The summed E-state index contributed by atoms with van der Waals surface area (Å²) in [4.78, 5) is 5.43. The third kappa shape index (κ3) is 2.71. The fourth-order valence-electron chi connectivity index (χ4n) is 2.25. The van der Waals surface area contributed by atoms with E-state index in [0.717, 1.165) is 26.4 Å². The van der Waals surface area contributed by atoms with Crippen LogP contribution in [0.3, 0.4) is 0 Å². The predicted octanol–water partition coefficient (Wildman–Crippen LogP) is 4.53. The van der Waals surface area contributed by atoms with E-state index in [1.807, 2.05) is 28.1 Å². The number of ether oxygens (including phenoxy) is 1. The molecule has 110 valence electrons. The number of nitrogens with two attached hydrogens (primary N) is 1. The fraction of sp³-hybridized carbons (Fsp3) is 0.267. The van der Waals surface area contributed by atoms with Crippen LogP contribution in [0, 0.1) is 0 Å². The Hall–Kier alpha value is -1.37. The van der Waals surface area contributed by atoms with Crippen molar-refractivity contribution in [2.45, 2.75) is 26.3 Å². The van der Waals surface area contributed by atoms with Crippen LogP contribution in [0.2, 0.25) is 0 Å². The topological polar surface area (TPSA) is 52.5 Å². The highest BCUT2D eigenvalue weighted by Crippen LogP contribution is 2.34. The fourth-order valence-corrected chi connectivity index (χ4v) is 3.35. The second kappa shape index (κ2) is 5.79. The Morgan fingerprint density at radius 3 is 2.95 bits per heavy atom. The molecule has 3 rings (SSSR count). The van der Waals surface area contributed by atoms with Crippen molar-refractivity contribution in [1.82, 2.24) is 9.38 Å². The van der Waals surface area contributed by atoms with E-state index in [2.05, 4.69) is 40.8 Å². The Balaban J connectivity index is 2.04. The van der Waals surface area contributed by atoms with Gasteiger partial charge in [-0.25, -0.2) is 0 Å². The molecule has 21 heavy (non-hydrogen) atoms. The summed E-state index contributed by atoms with van der Waals surface area (Å²) in [5.74, 6) is 1.78. The molecule has 2 heterocycles. The lowest BCUT2D eigenvalue weighted by Gasteiger charge is -2.13. The third-order valence-corrected chi connectivity index (χ3v) is 4.57. The Bertz CT molecular complexity index is 778. The van der Waals surface area contributed by atoms with Gasteiger partial charge < -0.3 is 10.5 Å². The Morgan fingerprint density at radius 1 is 1.43 bits per heavy atom. The van der Waals surface area contributed by atoms with E-state index < -0.39 is 0 Å². The van der Waals surface area contributed by atoms with Crippen LogP contribution in [0.15, 0.2) is 34.2 Å². The van der Waals surface area contributed by atoms with Gasteiger partial charge >= 0.3 is 0 Å². The smallest absolute Gasteiger partial charge is 0.243 e. The van der Waals surface area contributed by atoms with E-state index in [1.54, 1.807) is 11.3 Å². The molecule has 1 aromatic carbocycles. The van der Waals surface area contributed by atoms with Crippen LogP contribution in [0.25, 0.3) is 4.96 Å². The maximum absolute atomic E-state index is 6.07. The molecule has 0 bridgehead atoms. The summed E-state index contributed by atoms with van der Waals surface area (Å²) in [6, 6.07) is 6.02. The van der Waals surface area contributed by atoms with Crippen molar-refractivity contribution in [3.8, 4) is 11.6 Å². The average molecular weight is 366 g/mol. The van der Waals surface area contributed by atoms with E-state index in [-0.39, 0.29) is 0 Å². The van der Waals surface area contributed by atoms with Crippen molar-refractivity contribution in [2.75, 3.05) is 0 Å². The van der Waals surface area contributed by atoms with Crippen molar-refractivity contribution < 1.29 is 4.74 Å². The van der Waals surface area contributed by atoms with Gasteiger partial charge in [0.25, 0.3) is 0 Å². The van der Waals surface area contributed by atoms with Gasteiger partial charge in [0, 0.05) is 22.6 Å². The maximum atomic E-state index is 6.07. The summed E-state index contributed by atoms with van der Waals surface area (Å²) < 4.78 is 9.09. The van der Waals surface area contributed by atoms with Crippen LogP contribution in [-0.4, -0.2) is 9.38 Å². The SMILES string of the molecule is CC(C)c1cc(Br)ccc1Oc1nc2sccn2c1CN. The number of halogens is 1. The number of benzene rings is 1. The van der Waals surface area contributed by atoms with Gasteiger partial charge in [0.1, 0.15) is 11.4 Å². The molecule has 0 amide bonds. The molecular formula is C15H16BrN3OS. The lowest BCUT2D eigenvalue weighted by atomic mass is 10.0. The molecule has 2 N–H and O–H groups in total. The third-order valence-electron chi connectivity index (χ3n) is 3.32. The van der Waals surface area contributed by atoms with Crippen LogP contribution in [0.5, 0.6) is 11.6 Å². The summed E-state index contributed by atoms with van der Waals surface area (Å²) in [7, 11) is 0. The number of hydrogen-bond acceptors (Lipinski definition) is 4. The number of thiazole rings is 1. The molecule has 0 atom stereocenters. The first-order chi connectivity index (χ1) is 10.1. The van der Waals surface area contributed by atoms with Gasteiger partial charge in [-0.2, -0.15) is 4.98 Å². The highest BCUT2D eigenvalue weighted by atomic mass is 79.9. The minimum Gasteiger partial charge on any atom is -0.437 e. The van der Waals surface area contributed by atoms with Crippen LogP contribution in [0.1, 0.15) is 31.0 Å². The lowest BCUT2D eigenvalue weighted by Crippen LogP contribution is -2.02. The standard InChI is InChI=1S/C15H16BrN3OS/c1-9(2)11-7-10(16)3-4-13(11)20-14-12(8-17)19-5-6-21-15(19)18-14/h3-7,9H,8,17H2,1-2H3. The molecule has 0 saturated carbocycles. The molecule has 2 aromatic heterocycles. The van der Waals surface area contributed by atoms with Crippen LogP contribution in [-0.2, 0) is 6.54 Å². The van der Waals surface area contributed by atoms with Crippen LogP contribution < -0.4 is 10.5 Å². The van der Waals surface area contributed by atoms with Gasteiger partial charge in [0.05, 0.1) is 0 Å². The molecular weight excluding hydrogens is 350 g/mol. The lowest BCUT2D eigenvalue weighted by molar-refractivity contribution is 0.451. The van der Waals surface area contributed by atoms with E-state index in [4.69, 9.17) is 10.5 Å². The maximum Gasteiger partial charge on any atom is 0.243 e. The highest BCUT2D eigenvalue weighted by molar-refractivity contribution is 9.10. The van der Waals surface area contributed by atoms with Crippen molar-refractivity contribution >= 4 is 32.2 Å². The van der Waals surface area contributed by atoms with Gasteiger partial charge in [-0.15, -0.1) is 11.3 Å². The molecule has 0 aliphatic rings. The van der Waals surface area contributed by atoms with Gasteiger partial charge in [-0.3, -0.25) is 4.40 Å². The minimum absolute atomic E-state index is 0.363. The van der Waals surface area contributed by atoms with Gasteiger partial charge in [-0.1, -0.05) is 29.8 Å². The summed E-state index contributed by atoms with van der Waals surface area (Å²) in [5.41, 5.74) is 7.89. The Kier molecular flexibility index (Phi) is 4.01. The average Bonchev–Trinajstić information content (AvgIpc) is 3.00. The zero-order valence-electron chi connectivity index (χ0n) is 11.8. The molecule has 0 aliphatic heterocycles. The molecule has 0 spiro atoms. The summed E-state index contributed by atoms with van der Waals surface area (Å²) in [6.07, 6.45) is 1.97. The first kappa shape index (κ1) is 14.6. The highest BCUT2D eigenvalue weighted by Gasteiger charge is 2.16. The summed E-state index contributed by atoms with van der Waals surface area (Å²) in [5, 5.41) is 1.99. The van der Waals surface area contributed by atoms with Crippen molar-refractivity contribution in [3.63, 3.8) is 0 Å². The first-order valence-electron chi connectivity index (χ1n) is 6.72. The van der Waals surface area contributed by atoms with Crippen molar-refractivity contribution in [2.24, 2.45) is 5.73 Å². The van der Waals surface area contributed by atoms with E-state index >= 15 is 0 Å². The number of rotatable bonds is 4.